The Balaban J connectivity index is 2.17. The van der Waals surface area contributed by atoms with Gasteiger partial charge >= 0.3 is 0 Å². The number of hydrogen-bond donors (Lipinski definition) is 2. The van der Waals surface area contributed by atoms with Crippen molar-refractivity contribution in [3.8, 4) is 0 Å². The summed E-state index contributed by atoms with van der Waals surface area (Å²) in [5.74, 6) is 0.782. The molecule has 1 saturated heterocycles. The molecule has 0 unspecified atom stereocenters. The molecule has 1 aliphatic heterocycles. The molecule has 0 aromatic carbocycles. The van der Waals surface area contributed by atoms with Crippen LogP contribution in [0.2, 0.25) is 0 Å². The molecule has 0 aromatic rings. The Morgan fingerprint density at radius 1 is 1.88 bits per heavy atom. The molecular weight excluding hydrogens is 142 g/mol. The SMILES string of the molecule is O=C1SN[C@H]1CCS. The number of rotatable bonds is 2. The van der Waals surface area contributed by atoms with E-state index >= 15 is 0 Å². The van der Waals surface area contributed by atoms with Crippen LogP contribution >= 0.6 is 24.6 Å². The molecule has 0 bridgehead atoms. The fourth-order valence-corrected chi connectivity index (χ4v) is 1.37. The van der Waals surface area contributed by atoms with Gasteiger partial charge in [0.2, 0.25) is 5.12 Å². The molecular formula is C4H7NOS2. The van der Waals surface area contributed by atoms with E-state index in [1.807, 2.05) is 0 Å². The highest BCUT2D eigenvalue weighted by atomic mass is 32.2. The Morgan fingerprint density at radius 2 is 2.62 bits per heavy atom. The maximum atomic E-state index is 10.5. The molecule has 1 N–H and O–H groups in total. The van der Waals surface area contributed by atoms with E-state index in [1.165, 1.54) is 11.9 Å². The van der Waals surface area contributed by atoms with Gasteiger partial charge in [0.25, 0.3) is 0 Å². The van der Waals surface area contributed by atoms with Crippen LogP contribution in [0.3, 0.4) is 0 Å². The van der Waals surface area contributed by atoms with Gasteiger partial charge in [0.05, 0.1) is 6.04 Å². The van der Waals surface area contributed by atoms with Gasteiger partial charge in [-0.05, 0) is 24.1 Å². The van der Waals surface area contributed by atoms with E-state index in [4.69, 9.17) is 0 Å². The predicted molar refractivity (Wildman–Crippen MR) is 38.0 cm³/mol. The Morgan fingerprint density at radius 3 is 2.75 bits per heavy atom. The van der Waals surface area contributed by atoms with Crippen molar-refractivity contribution >= 4 is 29.7 Å². The third kappa shape index (κ3) is 1.18. The molecule has 8 heavy (non-hydrogen) atoms. The molecule has 0 saturated carbocycles. The standard InChI is InChI=1S/C4H7NOS2/c6-4-3(1-2-7)5-8-4/h3,5,7H,1-2H2/t3-/m0/s1. The summed E-state index contributed by atoms with van der Waals surface area (Å²) in [4.78, 5) is 10.5. The highest BCUT2D eigenvalue weighted by molar-refractivity contribution is 8.14. The fourth-order valence-electron chi connectivity index (χ4n) is 0.496. The smallest absolute Gasteiger partial charge is 0.221 e. The first-order valence-corrected chi connectivity index (χ1v) is 3.86. The molecule has 1 rings (SSSR count). The topological polar surface area (TPSA) is 29.1 Å². The summed E-state index contributed by atoms with van der Waals surface area (Å²) in [6, 6.07) is 0.0949. The van der Waals surface area contributed by atoms with Crippen molar-refractivity contribution in [3.05, 3.63) is 0 Å². The summed E-state index contributed by atoms with van der Waals surface area (Å²) in [5.41, 5.74) is 0. The minimum atomic E-state index is 0.0949. The largest absolute Gasteiger partial charge is 0.284 e. The van der Waals surface area contributed by atoms with Gasteiger partial charge in [0.15, 0.2) is 0 Å². The van der Waals surface area contributed by atoms with E-state index in [1.54, 1.807) is 0 Å². The number of carbonyl (C=O) groups is 1. The second-order valence-electron chi connectivity index (χ2n) is 1.60. The quantitative estimate of drug-likeness (QED) is 0.441. The van der Waals surface area contributed by atoms with Gasteiger partial charge in [0.1, 0.15) is 0 Å². The molecule has 1 aliphatic rings. The lowest BCUT2D eigenvalue weighted by molar-refractivity contribution is -0.113. The third-order valence-electron chi connectivity index (χ3n) is 1.00. The molecule has 0 aliphatic carbocycles. The van der Waals surface area contributed by atoms with Crippen LogP contribution in [-0.4, -0.2) is 16.9 Å². The lowest BCUT2D eigenvalue weighted by Gasteiger charge is -2.22. The van der Waals surface area contributed by atoms with E-state index in [9.17, 15) is 4.79 Å². The van der Waals surface area contributed by atoms with Crippen LogP contribution < -0.4 is 4.72 Å². The Kier molecular flexibility index (Phi) is 2.22. The summed E-state index contributed by atoms with van der Waals surface area (Å²) in [5, 5.41) is 0.249. The molecule has 1 fully saturated rings. The predicted octanol–water partition coefficient (Wildman–Crippen LogP) is 0.453. The number of thiol groups is 1. The van der Waals surface area contributed by atoms with Gasteiger partial charge in [-0.25, -0.2) is 4.72 Å². The molecule has 4 heteroatoms. The van der Waals surface area contributed by atoms with Crippen molar-refractivity contribution in [2.75, 3.05) is 5.75 Å². The minimum absolute atomic E-state index is 0.0949. The van der Waals surface area contributed by atoms with Crippen LogP contribution in [0, 0.1) is 0 Å². The average Bonchev–Trinajstić information content (AvgIpc) is 1.79. The van der Waals surface area contributed by atoms with Gasteiger partial charge in [0, 0.05) is 0 Å². The second kappa shape index (κ2) is 2.75. The van der Waals surface area contributed by atoms with E-state index in [0.717, 1.165) is 12.2 Å². The lowest BCUT2D eigenvalue weighted by Crippen LogP contribution is -2.42. The van der Waals surface area contributed by atoms with Gasteiger partial charge < -0.3 is 0 Å². The fraction of sp³-hybridized carbons (Fsp3) is 0.750. The molecule has 0 spiro atoms. The van der Waals surface area contributed by atoms with Crippen molar-refractivity contribution in [3.63, 3.8) is 0 Å². The zero-order valence-corrected chi connectivity index (χ0v) is 5.97. The van der Waals surface area contributed by atoms with Crippen LogP contribution in [0.25, 0.3) is 0 Å². The third-order valence-corrected chi connectivity index (χ3v) is 2.15. The Labute approximate surface area is 58.0 Å². The lowest BCUT2D eigenvalue weighted by atomic mass is 10.3. The molecule has 2 nitrogen and oxygen atoms in total. The molecule has 0 aromatic heterocycles. The van der Waals surface area contributed by atoms with Crippen molar-refractivity contribution < 1.29 is 4.79 Å². The number of nitrogens with one attached hydrogen (secondary N) is 1. The van der Waals surface area contributed by atoms with Gasteiger partial charge in [-0.2, -0.15) is 12.6 Å². The van der Waals surface area contributed by atoms with E-state index < -0.39 is 0 Å². The monoisotopic (exact) mass is 149 g/mol. The van der Waals surface area contributed by atoms with E-state index in [-0.39, 0.29) is 11.2 Å². The highest BCUT2D eigenvalue weighted by Crippen LogP contribution is 2.17. The average molecular weight is 149 g/mol. The summed E-state index contributed by atoms with van der Waals surface area (Å²) in [6.45, 7) is 0. The van der Waals surface area contributed by atoms with Gasteiger partial charge in [-0.15, -0.1) is 0 Å². The van der Waals surface area contributed by atoms with Crippen molar-refractivity contribution in [1.29, 1.82) is 0 Å². The maximum Gasteiger partial charge on any atom is 0.221 e. The first kappa shape index (κ1) is 6.45. The zero-order chi connectivity index (χ0) is 5.98. The maximum absolute atomic E-state index is 10.5. The summed E-state index contributed by atoms with van der Waals surface area (Å²) in [6.07, 6.45) is 0.856. The van der Waals surface area contributed by atoms with Crippen molar-refractivity contribution in [2.45, 2.75) is 12.5 Å². The van der Waals surface area contributed by atoms with Crippen LogP contribution in [0.15, 0.2) is 0 Å². The minimum Gasteiger partial charge on any atom is -0.284 e. The molecule has 46 valence electrons. The van der Waals surface area contributed by atoms with Crippen molar-refractivity contribution in [2.24, 2.45) is 0 Å². The molecule has 0 radical (unpaired) electrons. The number of hydrogen-bond acceptors (Lipinski definition) is 4. The first-order chi connectivity index (χ1) is 3.84. The van der Waals surface area contributed by atoms with E-state index in [0.29, 0.717) is 0 Å². The van der Waals surface area contributed by atoms with Gasteiger partial charge in [-0.1, -0.05) is 0 Å². The zero-order valence-electron chi connectivity index (χ0n) is 4.26. The normalized spacial score (nSPS) is 27.6. The highest BCUT2D eigenvalue weighted by Gasteiger charge is 2.27. The van der Waals surface area contributed by atoms with Crippen molar-refractivity contribution in [1.82, 2.24) is 4.72 Å². The molecule has 0 amide bonds. The first-order valence-electron chi connectivity index (χ1n) is 2.41. The second-order valence-corrected chi connectivity index (χ2v) is 2.89. The molecule has 1 atom stereocenters. The summed E-state index contributed by atoms with van der Waals surface area (Å²) in [7, 11) is 0. The Bertz CT molecular complexity index is 106. The molecule has 1 heterocycles. The van der Waals surface area contributed by atoms with Crippen LogP contribution in [0.4, 0.5) is 0 Å². The summed E-state index contributed by atoms with van der Waals surface area (Å²) >= 11 is 5.17. The van der Waals surface area contributed by atoms with Gasteiger partial charge in [-0.3, -0.25) is 4.79 Å². The summed E-state index contributed by atoms with van der Waals surface area (Å²) < 4.78 is 2.91. The van der Waals surface area contributed by atoms with Crippen LogP contribution in [0.5, 0.6) is 0 Å². The Hall–Kier alpha value is 0.330. The van der Waals surface area contributed by atoms with Crippen LogP contribution in [0.1, 0.15) is 6.42 Å². The number of carbonyl (C=O) groups excluding carboxylic acids is 1. The van der Waals surface area contributed by atoms with Crippen LogP contribution in [-0.2, 0) is 4.79 Å². The van der Waals surface area contributed by atoms with E-state index in [2.05, 4.69) is 17.4 Å².